The van der Waals surface area contributed by atoms with Gasteiger partial charge in [0.05, 0.1) is 16.8 Å². The number of amides is 1. The predicted octanol–water partition coefficient (Wildman–Crippen LogP) is 2.38. The Morgan fingerprint density at radius 3 is 2.80 bits per heavy atom. The SMILES string of the molecule is Nc1cc(Br)ccc1N1CC(Cl)CC1=O. The molecular weight excluding hydrogens is 279 g/mol. The zero-order chi connectivity index (χ0) is 11.0. The Bertz CT molecular complexity index is 410. The monoisotopic (exact) mass is 288 g/mol. The third kappa shape index (κ3) is 2.11. The van der Waals surface area contributed by atoms with Gasteiger partial charge in [0.25, 0.3) is 0 Å². The van der Waals surface area contributed by atoms with Crippen molar-refractivity contribution in [1.82, 2.24) is 0 Å². The normalized spacial score (nSPS) is 21.1. The summed E-state index contributed by atoms with van der Waals surface area (Å²) >= 11 is 9.25. The van der Waals surface area contributed by atoms with Crippen molar-refractivity contribution in [1.29, 1.82) is 0 Å². The predicted molar refractivity (Wildman–Crippen MR) is 65.2 cm³/mol. The summed E-state index contributed by atoms with van der Waals surface area (Å²) < 4.78 is 0.901. The Morgan fingerprint density at radius 2 is 2.27 bits per heavy atom. The topological polar surface area (TPSA) is 46.3 Å². The number of rotatable bonds is 1. The van der Waals surface area contributed by atoms with E-state index in [4.69, 9.17) is 17.3 Å². The fraction of sp³-hybridized carbons (Fsp3) is 0.300. The van der Waals surface area contributed by atoms with E-state index in [1.807, 2.05) is 12.1 Å². The zero-order valence-corrected chi connectivity index (χ0v) is 10.3. The third-order valence-electron chi connectivity index (χ3n) is 2.36. The average molecular weight is 290 g/mol. The lowest BCUT2D eigenvalue weighted by atomic mass is 10.2. The first kappa shape index (κ1) is 10.8. The van der Waals surface area contributed by atoms with Crippen molar-refractivity contribution in [3.8, 4) is 0 Å². The van der Waals surface area contributed by atoms with Gasteiger partial charge in [-0.15, -0.1) is 11.6 Å². The van der Waals surface area contributed by atoms with Gasteiger partial charge in [-0.3, -0.25) is 4.79 Å². The molecule has 1 saturated heterocycles. The lowest BCUT2D eigenvalue weighted by Crippen LogP contribution is -2.25. The minimum absolute atomic E-state index is 0.0315. The van der Waals surface area contributed by atoms with Crippen LogP contribution in [0.2, 0.25) is 0 Å². The summed E-state index contributed by atoms with van der Waals surface area (Å²) in [5.74, 6) is 0.0315. The van der Waals surface area contributed by atoms with Crippen molar-refractivity contribution in [2.24, 2.45) is 0 Å². The fourth-order valence-corrected chi connectivity index (χ4v) is 2.32. The van der Waals surface area contributed by atoms with Crippen molar-refractivity contribution >= 4 is 44.8 Å². The van der Waals surface area contributed by atoms with Crippen LogP contribution in [-0.2, 0) is 4.79 Å². The molecule has 0 aliphatic carbocycles. The largest absolute Gasteiger partial charge is 0.397 e. The molecule has 0 bridgehead atoms. The van der Waals surface area contributed by atoms with Gasteiger partial charge in [-0.05, 0) is 18.2 Å². The minimum Gasteiger partial charge on any atom is -0.397 e. The van der Waals surface area contributed by atoms with Crippen molar-refractivity contribution in [2.75, 3.05) is 17.2 Å². The highest BCUT2D eigenvalue weighted by Gasteiger charge is 2.30. The number of alkyl halides is 1. The third-order valence-corrected chi connectivity index (χ3v) is 3.14. The second-order valence-corrected chi connectivity index (χ2v) is 5.04. The van der Waals surface area contributed by atoms with E-state index in [-0.39, 0.29) is 11.3 Å². The number of nitrogen functional groups attached to an aromatic ring is 1. The van der Waals surface area contributed by atoms with Crippen LogP contribution in [0.1, 0.15) is 6.42 Å². The molecule has 1 fully saturated rings. The quantitative estimate of drug-likeness (QED) is 0.637. The van der Waals surface area contributed by atoms with E-state index in [9.17, 15) is 4.79 Å². The summed E-state index contributed by atoms with van der Waals surface area (Å²) in [4.78, 5) is 13.2. The van der Waals surface area contributed by atoms with Gasteiger partial charge in [-0.1, -0.05) is 15.9 Å². The molecule has 0 radical (unpaired) electrons. The van der Waals surface area contributed by atoms with Gasteiger partial charge in [0.2, 0.25) is 5.91 Å². The van der Waals surface area contributed by atoms with Crippen LogP contribution in [0.15, 0.2) is 22.7 Å². The molecular formula is C10H10BrClN2O. The lowest BCUT2D eigenvalue weighted by Gasteiger charge is -2.18. The standard InChI is InChI=1S/C10H10BrClN2O/c11-6-1-2-9(8(13)3-6)14-5-7(12)4-10(14)15/h1-3,7H,4-5,13H2. The van der Waals surface area contributed by atoms with Gasteiger partial charge in [-0.2, -0.15) is 0 Å². The second-order valence-electron chi connectivity index (χ2n) is 3.51. The van der Waals surface area contributed by atoms with Crippen molar-refractivity contribution in [3.05, 3.63) is 22.7 Å². The number of halogens is 2. The van der Waals surface area contributed by atoms with Crippen LogP contribution < -0.4 is 10.6 Å². The summed E-state index contributed by atoms with van der Waals surface area (Å²) in [5.41, 5.74) is 7.17. The van der Waals surface area contributed by atoms with Crippen LogP contribution in [-0.4, -0.2) is 17.8 Å². The molecule has 2 N–H and O–H groups in total. The Kier molecular flexibility index (Phi) is 2.89. The Hall–Kier alpha value is -0.740. The Labute approximate surface area is 101 Å². The molecule has 1 aliphatic heterocycles. The van der Waals surface area contributed by atoms with Gasteiger partial charge in [0, 0.05) is 17.4 Å². The number of carbonyl (C=O) groups excluding carboxylic acids is 1. The van der Waals surface area contributed by atoms with Crippen LogP contribution in [0.3, 0.4) is 0 Å². The van der Waals surface area contributed by atoms with E-state index in [1.165, 1.54) is 0 Å². The number of nitrogens with two attached hydrogens (primary N) is 1. The van der Waals surface area contributed by atoms with Gasteiger partial charge in [-0.25, -0.2) is 0 Å². The highest BCUT2D eigenvalue weighted by atomic mass is 79.9. The van der Waals surface area contributed by atoms with Gasteiger partial charge in [0.15, 0.2) is 0 Å². The maximum atomic E-state index is 11.6. The van der Waals surface area contributed by atoms with Crippen LogP contribution in [0.5, 0.6) is 0 Å². The molecule has 1 amide bonds. The van der Waals surface area contributed by atoms with E-state index in [0.717, 1.165) is 10.2 Å². The van der Waals surface area contributed by atoms with Gasteiger partial charge >= 0.3 is 0 Å². The molecule has 1 aromatic carbocycles. The first-order chi connectivity index (χ1) is 7.08. The van der Waals surface area contributed by atoms with E-state index in [0.29, 0.717) is 18.7 Å². The van der Waals surface area contributed by atoms with Crippen LogP contribution >= 0.6 is 27.5 Å². The number of hydrogen-bond acceptors (Lipinski definition) is 2. The van der Waals surface area contributed by atoms with Crippen molar-refractivity contribution < 1.29 is 4.79 Å². The summed E-state index contributed by atoms with van der Waals surface area (Å²) in [5, 5.41) is -0.111. The molecule has 1 heterocycles. The molecule has 5 heteroatoms. The van der Waals surface area contributed by atoms with E-state index < -0.39 is 0 Å². The first-order valence-electron chi connectivity index (χ1n) is 4.57. The maximum absolute atomic E-state index is 11.6. The lowest BCUT2D eigenvalue weighted by molar-refractivity contribution is -0.117. The number of hydrogen-bond donors (Lipinski definition) is 1. The Morgan fingerprint density at radius 1 is 1.53 bits per heavy atom. The number of anilines is 2. The molecule has 1 aromatic rings. The van der Waals surface area contributed by atoms with Gasteiger partial charge < -0.3 is 10.6 Å². The molecule has 0 aromatic heterocycles. The molecule has 1 atom stereocenters. The van der Waals surface area contributed by atoms with Crippen LogP contribution in [0.4, 0.5) is 11.4 Å². The maximum Gasteiger partial charge on any atom is 0.228 e. The molecule has 1 aliphatic rings. The molecule has 2 rings (SSSR count). The zero-order valence-electron chi connectivity index (χ0n) is 7.91. The molecule has 80 valence electrons. The summed E-state index contributed by atoms with van der Waals surface area (Å²) in [6.07, 6.45) is 0.386. The first-order valence-corrected chi connectivity index (χ1v) is 5.80. The molecule has 0 saturated carbocycles. The fourth-order valence-electron chi connectivity index (χ4n) is 1.67. The summed E-state index contributed by atoms with van der Waals surface area (Å²) in [6, 6.07) is 5.47. The van der Waals surface area contributed by atoms with Crippen LogP contribution in [0.25, 0.3) is 0 Å². The van der Waals surface area contributed by atoms with E-state index in [2.05, 4.69) is 15.9 Å². The van der Waals surface area contributed by atoms with Crippen molar-refractivity contribution in [3.63, 3.8) is 0 Å². The molecule has 1 unspecified atom stereocenters. The van der Waals surface area contributed by atoms with E-state index in [1.54, 1.807) is 11.0 Å². The highest BCUT2D eigenvalue weighted by Crippen LogP contribution is 2.31. The van der Waals surface area contributed by atoms with Crippen molar-refractivity contribution in [2.45, 2.75) is 11.8 Å². The Balaban J connectivity index is 2.34. The highest BCUT2D eigenvalue weighted by molar-refractivity contribution is 9.10. The van der Waals surface area contributed by atoms with Crippen LogP contribution in [0, 0.1) is 0 Å². The average Bonchev–Trinajstić information content (AvgIpc) is 2.45. The second kappa shape index (κ2) is 4.02. The molecule has 3 nitrogen and oxygen atoms in total. The van der Waals surface area contributed by atoms with Gasteiger partial charge in [0.1, 0.15) is 0 Å². The van der Waals surface area contributed by atoms with E-state index >= 15 is 0 Å². The summed E-state index contributed by atoms with van der Waals surface area (Å²) in [6.45, 7) is 0.534. The smallest absolute Gasteiger partial charge is 0.228 e. The number of benzene rings is 1. The molecule has 0 spiro atoms. The number of nitrogens with zero attached hydrogens (tertiary/aromatic N) is 1. The number of carbonyl (C=O) groups is 1. The summed E-state index contributed by atoms with van der Waals surface area (Å²) in [7, 11) is 0. The molecule has 15 heavy (non-hydrogen) atoms. The minimum atomic E-state index is -0.111.